The van der Waals surface area contributed by atoms with Crippen molar-refractivity contribution in [1.29, 1.82) is 0 Å². The van der Waals surface area contributed by atoms with E-state index in [0.717, 1.165) is 28.1 Å². The van der Waals surface area contributed by atoms with E-state index in [1.165, 1.54) is 0 Å². The fourth-order valence-corrected chi connectivity index (χ4v) is 2.40. The van der Waals surface area contributed by atoms with Crippen molar-refractivity contribution in [2.75, 3.05) is 17.2 Å². The second kappa shape index (κ2) is 6.64. The van der Waals surface area contributed by atoms with E-state index in [1.807, 2.05) is 51.1 Å². The third-order valence-electron chi connectivity index (χ3n) is 3.21. The van der Waals surface area contributed by atoms with Gasteiger partial charge in [-0.2, -0.15) is 0 Å². The molecule has 110 valence electrons. The Balaban J connectivity index is 1.97. The molecule has 0 atom stereocenters. The molecule has 0 aliphatic carbocycles. The number of amides is 1. The fourth-order valence-electron chi connectivity index (χ4n) is 2.23. The molecule has 2 rings (SSSR count). The number of rotatable bonds is 4. The second-order valence-electron chi connectivity index (χ2n) is 5.19. The number of carbonyl (C=O) groups excluding carboxylic acids is 1. The molecule has 2 N–H and O–H groups in total. The number of hydrogen-bond acceptors (Lipinski definition) is 2. The van der Waals surface area contributed by atoms with E-state index in [-0.39, 0.29) is 12.5 Å². The van der Waals surface area contributed by atoms with E-state index in [4.69, 9.17) is 11.6 Å². The highest BCUT2D eigenvalue weighted by atomic mass is 35.5. The minimum absolute atomic E-state index is 0.0839. The van der Waals surface area contributed by atoms with Crippen LogP contribution in [0, 0.1) is 20.8 Å². The summed E-state index contributed by atoms with van der Waals surface area (Å²) >= 11 is 6.05. The van der Waals surface area contributed by atoms with Crippen LogP contribution in [0.4, 0.5) is 11.4 Å². The van der Waals surface area contributed by atoms with Crippen molar-refractivity contribution in [3.8, 4) is 0 Å². The lowest BCUT2D eigenvalue weighted by Crippen LogP contribution is -2.22. The van der Waals surface area contributed by atoms with Gasteiger partial charge in [0.2, 0.25) is 5.91 Å². The summed E-state index contributed by atoms with van der Waals surface area (Å²) in [5.74, 6) is -0.0839. The lowest BCUT2D eigenvalue weighted by Gasteiger charge is -2.11. The summed E-state index contributed by atoms with van der Waals surface area (Å²) in [4.78, 5) is 12.0. The summed E-state index contributed by atoms with van der Waals surface area (Å²) in [5.41, 5.74) is 4.89. The van der Waals surface area contributed by atoms with E-state index < -0.39 is 0 Å². The molecule has 0 fully saturated rings. The van der Waals surface area contributed by atoms with Gasteiger partial charge in [-0.05, 0) is 61.7 Å². The van der Waals surface area contributed by atoms with E-state index in [0.29, 0.717) is 5.02 Å². The Morgan fingerprint density at radius 3 is 2.43 bits per heavy atom. The molecule has 0 aromatic heterocycles. The topological polar surface area (TPSA) is 41.1 Å². The van der Waals surface area contributed by atoms with Gasteiger partial charge in [0.25, 0.3) is 0 Å². The van der Waals surface area contributed by atoms with Gasteiger partial charge in [0.1, 0.15) is 0 Å². The van der Waals surface area contributed by atoms with Crippen LogP contribution < -0.4 is 10.6 Å². The Morgan fingerprint density at radius 1 is 1.10 bits per heavy atom. The predicted octanol–water partition coefficient (Wildman–Crippen LogP) is 4.32. The van der Waals surface area contributed by atoms with Crippen molar-refractivity contribution in [3.05, 3.63) is 58.1 Å². The standard InChI is InChI=1S/C17H19ClN2O/c1-11-7-12(2)9-14(8-11)20-17(21)10-19-16-6-4-5-15(18)13(16)3/h4-9,19H,10H2,1-3H3,(H,20,21). The fraction of sp³-hybridized carbons (Fsp3) is 0.235. The molecule has 0 bridgehead atoms. The van der Waals surface area contributed by atoms with Gasteiger partial charge in [0.05, 0.1) is 6.54 Å². The second-order valence-corrected chi connectivity index (χ2v) is 5.60. The van der Waals surface area contributed by atoms with E-state index >= 15 is 0 Å². The highest BCUT2D eigenvalue weighted by molar-refractivity contribution is 6.31. The molecule has 0 unspecified atom stereocenters. The molecular formula is C17H19ClN2O. The van der Waals surface area contributed by atoms with Crippen LogP contribution in [0.25, 0.3) is 0 Å². The van der Waals surface area contributed by atoms with Gasteiger partial charge in [-0.3, -0.25) is 4.79 Å². The van der Waals surface area contributed by atoms with Crippen molar-refractivity contribution in [3.63, 3.8) is 0 Å². The van der Waals surface area contributed by atoms with Crippen molar-refractivity contribution in [2.45, 2.75) is 20.8 Å². The molecule has 2 aromatic rings. The van der Waals surface area contributed by atoms with Crippen LogP contribution in [0.1, 0.15) is 16.7 Å². The van der Waals surface area contributed by atoms with Crippen LogP contribution in [-0.2, 0) is 4.79 Å². The van der Waals surface area contributed by atoms with Gasteiger partial charge in [-0.1, -0.05) is 23.7 Å². The molecule has 0 radical (unpaired) electrons. The summed E-state index contributed by atoms with van der Waals surface area (Å²) in [6, 6.07) is 11.6. The molecule has 0 spiro atoms. The number of benzene rings is 2. The van der Waals surface area contributed by atoms with Gasteiger partial charge >= 0.3 is 0 Å². The first-order valence-corrected chi connectivity index (χ1v) is 7.20. The number of halogens is 1. The first kappa shape index (κ1) is 15.4. The van der Waals surface area contributed by atoms with Gasteiger partial charge in [0, 0.05) is 16.4 Å². The van der Waals surface area contributed by atoms with Crippen molar-refractivity contribution in [1.82, 2.24) is 0 Å². The smallest absolute Gasteiger partial charge is 0.243 e. The maximum absolute atomic E-state index is 12.0. The molecule has 21 heavy (non-hydrogen) atoms. The van der Waals surface area contributed by atoms with E-state index in [1.54, 1.807) is 0 Å². The largest absolute Gasteiger partial charge is 0.376 e. The first-order valence-electron chi connectivity index (χ1n) is 6.83. The Labute approximate surface area is 130 Å². The van der Waals surface area contributed by atoms with Crippen LogP contribution in [0.2, 0.25) is 5.02 Å². The van der Waals surface area contributed by atoms with Crippen LogP contribution in [-0.4, -0.2) is 12.5 Å². The van der Waals surface area contributed by atoms with Crippen molar-refractivity contribution >= 4 is 28.9 Å². The molecular weight excluding hydrogens is 284 g/mol. The lowest BCUT2D eigenvalue weighted by atomic mass is 10.1. The van der Waals surface area contributed by atoms with Crippen LogP contribution >= 0.6 is 11.6 Å². The zero-order chi connectivity index (χ0) is 15.4. The highest BCUT2D eigenvalue weighted by Gasteiger charge is 2.06. The van der Waals surface area contributed by atoms with E-state index in [2.05, 4.69) is 16.7 Å². The number of hydrogen-bond donors (Lipinski definition) is 2. The Kier molecular flexibility index (Phi) is 4.86. The Hall–Kier alpha value is -2.00. The predicted molar refractivity (Wildman–Crippen MR) is 89.2 cm³/mol. The minimum atomic E-state index is -0.0839. The molecule has 2 aromatic carbocycles. The third-order valence-corrected chi connectivity index (χ3v) is 3.62. The quantitative estimate of drug-likeness (QED) is 0.883. The Morgan fingerprint density at radius 2 is 1.76 bits per heavy atom. The van der Waals surface area contributed by atoms with Gasteiger partial charge in [-0.15, -0.1) is 0 Å². The van der Waals surface area contributed by atoms with Crippen LogP contribution in [0.3, 0.4) is 0 Å². The van der Waals surface area contributed by atoms with Gasteiger partial charge < -0.3 is 10.6 Å². The number of nitrogens with one attached hydrogen (secondary N) is 2. The molecule has 0 heterocycles. The average Bonchev–Trinajstić information content (AvgIpc) is 2.39. The minimum Gasteiger partial charge on any atom is -0.376 e. The maximum Gasteiger partial charge on any atom is 0.243 e. The third kappa shape index (κ3) is 4.23. The van der Waals surface area contributed by atoms with Crippen molar-refractivity contribution in [2.24, 2.45) is 0 Å². The zero-order valence-corrected chi connectivity index (χ0v) is 13.2. The number of anilines is 2. The summed E-state index contributed by atoms with van der Waals surface area (Å²) in [7, 11) is 0. The van der Waals surface area contributed by atoms with Crippen molar-refractivity contribution < 1.29 is 4.79 Å². The Bertz CT molecular complexity index is 648. The van der Waals surface area contributed by atoms with E-state index in [9.17, 15) is 4.79 Å². The van der Waals surface area contributed by atoms with Gasteiger partial charge in [-0.25, -0.2) is 0 Å². The molecule has 0 aliphatic heterocycles. The first-order chi connectivity index (χ1) is 9.95. The average molecular weight is 303 g/mol. The lowest BCUT2D eigenvalue weighted by molar-refractivity contribution is -0.114. The highest BCUT2D eigenvalue weighted by Crippen LogP contribution is 2.22. The monoisotopic (exact) mass is 302 g/mol. The van der Waals surface area contributed by atoms with Gasteiger partial charge in [0.15, 0.2) is 0 Å². The van der Waals surface area contributed by atoms with Crippen LogP contribution in [0.15, 0.2) is 36.4 Å². The molecule has 4 heteroatoms. The molecule has 0 saturated heterocycles. The summed E-state index contributed by atoms with van der Waals surface area (Å²) in [5, 5.41) is 6.69. The summed E-state index contributed by atoms with van der Waals surface area (Å²) in [6.07, 6.45) is 0. The molecule has 0 aliphatic rings. The molecule has 3 nitrogen and oxygen atoms in total. The number of carbonyl (C=O) groups is 1. The normalized spacial score (nSPS) is 10.3. The number of aryl methyl sites for hydroxylation is 2. The molecule has 1 amide bonds. The maximum atomic E-state index is 12.0. The van der Waals surface area contributed by atoms with Crippen LogP contribution in [0.5, 0.6) is 0 Å². The summed E-state index contributed by atoms with van der Waals surface area (Å²) < 4.78 is 0. The summed E-state index contributed by atoms with van der Waals surface area (Å²) in [6.45, 7) is 6.15. The zero-order valence-electron chi connectivity index (χ0n) is 12.5. The molecule has 0 saturated carbocycles. The SMILES string of the molecule is Cc1cc(C)cc(NC(=O)CNc2cccc(Cl)c2C)c1.